The number of hydrogen-bond acceptors (Lipinski definition) is 5. The minimum absolute atomic E-state index is 0. The lowest BCUT2D eigenvalue weighted by Gasteiger charge is -2.31. The molecule has 3 rings (SSSR count). The Hall–Kier alpha value is -1.88. The van der Waals surface area contributed by atoms with Gasteiger partial charge in [-0.15, -0.1) is 35.3 Å². The molecule has 1 aliphatic rings. The van der Waals surface area contributed by atoms with Crippen LogP contribution in [0.4, 0.5) is 4.79 Å². The van der Waals surface area contributed by atoms with E-state index in [2.05, 4.69) is 44.9 Å². The number of aromatic nitrogens is 1. The number of carbonyl (C=O) groups is 1. The summed E-state index contributed by atoms with van der Waals surface area (Å²) in [6.07, 6.45) is 2.28. The molecule has 1 aliphatic heterocycles. The molecule has 1 aromatic carbocycles. The first-order valence-electron chi connectivity index (χ1n) is 10.0. The smallest absolute Gasteiger partial charge is 0.409 e. The van der Waals surface area contributed by atoms with E-state index < -0.39 is 0 Å². The van der Waals surface area contributed by atoms with Crippen molar-refractivity contribution in [2.75, 3.05) is 26.2 Å². The van der Waals surface area contributed by atoms with Crippen LogP contribution in [0.2, 0.25) is 0 Å². The second kappa shape index (κ2) is 12.1. The van der Waals surface area contributed by atoms with Gasteiger partial charge in [0.2, 0.25) is 0 Å². The molecule has 1 saturated heterocycles. The molecule has 0 atom stereocenters. The standard InChI is InChI=1S/C21H29N5O2S.HI/c1-3-28-21(27)26-12-9-18(10-13-26)25-20(22)23-11-8-16-4-6-17(7-5-16)19-14-29-15(2)24-19;/h4-7,14,18H,3,8-13H2,1-2H3,(H3,22,23,25);1H. The molecule has 0 bridgehead atoms. The van der Waals surface area contributed by atoms with E-state index in [-0.39, 0.29) is 36.1 Å². The summed E-state index contributed by atoms with van der Waals surface area (Å²) in [6, 6.07) is 8.69. The maximum atomic E-state index is 11.7. The van der Waals surface area contributed by atoms with Crippen molar-refractivity contribution in [3.05, 3.63) is 40.2 Å². The number of likely N-dealkylation sites (tertiary alicyclic amines) is 1. The van der Waals surface area contributed by atoms with Crippen LogP contribution in [0, 0.1) is 6.92 Å². The van der Waals surface area contributed by atoms with E-state index >= 15 is 0 Å². The van der Waals surface area contributed by atoms with Crippen molar-refractivity contribution in [3.63, 3.8) is 0 Å². The van der Waals surface area contributed by atoms with Crippen LogP contribution in [0.5, 0.6) is 0 Å². The van der Waals surface area contributed by atoms with Gasteiger partial charge in [-0.2, -0.15) is 0 Å². The zero-order chi connectivity index (χ0) is 20.6. The monoisotopic (exact) mass is 543 g/mol. The number of amides is 1. The van der Waals surface area contributed by atoms with E-state index in [9.17, 15) is 4.79 Å². The molecule has 0 saturated carbocycles. The first-order chi connectivity index (χ1) is 14.0. The Labute approximate surface area is 199 Å². The summed E-state index contributed by atoms with van der Waals surface area (Å²) < 4.78 is 5.04. The van der Waals surface area contributed by atoms with Gasteiger partial charge in [-0.05, 0) is 38.7 Å². The molecule has 0 radical (unpaired) electrons. The number of aliphatic imine (C=N–C) groups is 1. The maximum absolute atomic E-state index is 11.7. The van der Waals surface area contributed by atoms with Crippen molar-refractivity contribution in [2.24, 2.45) is 10.7 Å². The average molecular weight is 543 g/mol. The summed E-state index contributed by atoms with van der Waals surface area (Å²) in [5.41, 5.74) is 9.43. The topological polar surface area (TPSA) is 92.8 Å². The van der Waals surface area contributed by atoms with Crippen LogP contribution in [0.25, 0.3) is 11.3 Å². The number of aryl methyl sites for hydroxylation is 1. The first-order valence-corrected chi connectivity index (χ1v) is 10.9. The van der Waals surface area contributed by atoms with E-state index in [0.29, 0.717) is 32.2 Å². The van der Waals surface area contributed by atoms with Crippen LogP contribution >= 0.6 is 35.3 Å². The summed E-state index contributed by atoms with van der Waals surface area (Å²) in [7, 11) is 0. The Kier molecular flexibility index (Phi) is 9.83. The molecule has 9 heteroatoms. The fraction of sp³-hybridized carbons (Fsp3) is 0.476. The SMILES string of the molecule is CCOC(=O)N1CCC(NC(N)=NCCc2ccc(-c3csc(C)n3)cc2)CC1.I. The Morgan fingerprint density at radius 2 is 2.03 bits per heavy atom. The third-order valence-electron chi connectivity index (χ3n) is 4.92. The lowest BCUT2D eigenvalue weighted by molar-refractivity contribution is 0.0963. The molecule has 30 heavy (non-hydrogen) atoms. The molecule has 2 heterocycles. The Balaban J connectivity index is 0.00000320. The van der Waals surface area contributed by atoms with Crippen molar-refractivity contribution < 1.29 is 9.53 Å². The number of nitrogens with zero attached hydrogens (tertiary/aromatic N) is 3. The molecule has 0 aliphatic carbocycles. The number of rotatable bonds is 6. The number of carbonyl (C=O) groups excluding carboxylic acids is 1. The van der Waals surface area contributed by atoms with Gasteiger partial charge in [0.05, 0.1) is 17.3 Å². The number of guanidine groups is 1. The summed E-state index contributed by atoms with van der Waals surface area (Å²) in [5, 5.41) is 6.43. The molecule has 3 N–H and O–H groups in total. The minimum Gasteiger partial charge on any atom is -0.450 e. The second-order valence-electron chi connectivity index (χ2n) is 7.07. The van der Waals surface area contributed by atoms with Crippen molar-refractivity contribution in [2.45, 2.75) is 39.2 Å². The zero-order valence-electron chi connectivity index (χ0n) is 17.5. The van der Waals surface area contributed by atoms with Crippen LogP contribution in [0.15, 0.2) is 34.6 Å². The molecule has 2 aromatic rings. The van der Waals surface area contributed by atoms with Crippen LogP contribution < -0.4 is 11.1 Å². The lowest BCUT2D eigenvalue weighted by atomic mass is 10.1. The van der Waals surface area contributed by atoms with Gasteiger partial charge in [0.15, 0.2) is 5.96 Å². The molecule has 0 unspecified atom stereocenters. The number of hydrogen-bond donors (Lipinski definition) is 2. The van der Waals surface area contributed by atoms with Gasteiger partial charge in [-0.3, -0.25) is 4.99 Å². The van der Waals surface area contributed by atoms with Gasteiger partial charge in [0.1, 0.15) is 0 Å². The normalized spacial score (nSPS) is 14.9. The quantitative estimate of drug-likeness (QED) is 0.329. The van der Waals surface area contributed by atoms with E-state index in [1.807, 2.05) is 13.8 Å². The number of ether oxygens (including phenoxy) is 1. The van der Waals surface area contributed by atoms with Crippen molar-refractivity contribution in [1.82, 2.24) is 15.2 Å². The van der Waals surface area contributed by atoms with Gasteiger partial charge in [-0.25, -0.2) is 9.78 Å². The molecular formula is C21H30IN5O2S. The van der Waals surface area contributed by atoms with Gasteiger partial charge in [-0.1, -0.05) is 24.3 Å². The molecular weight excluding hydrogens is 513 g/mol. The number of nitrogens with one attached hydrogen (secondary N) is 1. The largest absolute Gasteiger partial charge is 0.450 e. The molecule has 1 amide bonds. The molecule has 1 aromatic heterocycles. The third-order valence-corrected chi connectivity index (χ3v) is 5.70. The highest BCUT2D eigenvalue weighted by molar-refractivity contribution is 14.0. The van der Waals surface area contributed by atoms with Crippen molar-refractivity contribution >= 4 is 47.4 Å². The van der Waals surface area contributed by atoms with Crippen LogP contribution in [0.1, 0.15) is 30.3 Å². The van der Waals surface area contributed by atoms with E-state index in [1.165, 1.54) is 5.56 Å². The highest BCUT2D eigenvalue weighted by Crippen LogP contribution is 2.21. The van der Waals surface area contributed by atoms with Gasteiger partial charge < -0.3 is 20.7 Å². The number of piperidine rings is 1. The number of thiazole rings is 1. The molecule has 0 spiro atoms. The second-order valence-corrected chi connectivity index (χ2v) is 8.13. The lowest BCUT2D eigenvalue weighted by Crippen LogP contribution is -2.48. The minimum atomic E-state index is -0.233. The Morgan fingerprint density at radius 1 is 1.33 bits per heavy atom. The van der Waals surface area contributed by atoms with Gasteiger partial charge >= 0.3 is 6.09 Å². The number of benzene rings is 1. The van der Waals surface area contributed by atoms with Crippen LogP contribution in [-0.2, 0) is 11.2 Å². The van der Waals surface area contributed by atoms with Gasteiger partial charge in [0.25, 0.3) is 0 Å². The maximum Gasteiger partial charge on any atom is 0.409 e. The first kappa shape index (κ1) is 24.4. The summed E-state index contributed by atoms with van der Waals surface area (Å²) in [5.74, 6) is 0.467. The fourth-order valence-electron chi connectivity index (χ4n) is 3.32. The van der Waals surface area contributed by atoms with E-state index in [4.69, 9.17) is 10.5 Å². The van der Waals surface area contributed by atoms with Crippen LogP contribution in [-0.4, -0.2) is 54.2 Å². The predicted octanol–water partition coefficient (Wildman–Crippen LogP) is 3.80. The fourth-order valence-corrected chi connectivity index (χ4v) is 3.94. The van der Waals surface area contributed by atoms with Crippen LogP contribution in [0.3, 0.4) is 0 Å². The van der Waals surface area contributed by atoms with Crippen molar-refractivity contribution in [1.29, 1.82) is 0 Å². The van der Waals surface area contributed by atoms with Crippen molar-refractivity contribution in [3.8, 4) is 11.3 Å². The molecule has 1 fully saturated rings. The average Bonchev–Trinajstić information content (AvgIpc) is 3.15. The summed E-state index contributed by atoms with van der Waals surface area (Å²) in [6.45, 7) is 6.23. The Bertz CT molecular complexity index is 832. The number of halogens is 1. The van der Waals surface area contributed by atoms with Gasteiger partial charge in [0, 0.05) is 36.6 Å². The third kappa shape index (κ3) is 7.12. The zero-order valence-corrected chi connectivity index (χ0v) is 20.6. The molecule has 164 valence electrons. The highest BCUT2D eigenvalue weighted by atomic mass is 127. The summed E-state index contributed by atoms with van der Waals surface area (Å²) >= 11 is 1.66. The highest BCUT2D eigenvalue weighted by Gasteiger charge is 2.23. The number of nitrogens with two attached hydrogens (primary N) is 1. The Morgan fingerprint density at radius 3 is 2.63 bits per heavy atom. The van der Waals surface area contributed by atoms with E-state index in [0.717, 1.165) is 35.5 Å². The predicted molar refractivity (Wildman–Crippen MR) is 133 cm³/mol. The summed E-state index contributed by atoms with van der Waals surface area (Å²) in [4.78, 5) is 22.4. The van der Waals surface area contributed by atoms with E-state index in [1.54, 1.807) is 16.2 Å². The molecule has 7 nitrogen and oxygen atoms in total.